The monoisotopic (exact) mass is 254 g/mol. The predicted molar refractivity (Wildman–Crippen MR) is 67.7 cm³/mol. The van der Waals surface area contributed by atoms with Gasteiger partial charge in [-0.2, -0.15) is 0 Å². The molecule has 94 valence electrons. The smallest absolute Gasteiger partial charge is 0.233 e. The Morgan fingerprint density at radius 1 is 1.65 bits per heavy atom. The minimum atomic E-state index is -0.405. The molecule has 0 unspecified atom stereocenters. The minimum absolute atomic E-state index is 0.00338. The van der Waals surface area contributed by atoms with E-state index in [1.165, 1.54) is 11.3 Å². The summed E-state index contributed by atoms with van der Waals surface area (Å²) in [5.74, 6) is 0.702. The summed E-state index contributed by atoms with van der Waals surface area (Å²) in [6, 6.07) is 0. The summed E-state index contributed by atoms with van der Waals surface area (Å²) >= 11 is 1.33. The number of hydrogen-bond acceptors (Lipinski definition) is 5. The van der Waals surface area contributed by atoms with Crippen molar-refractivity contribution in [3.05, 3.63) is 5.51 Å². The first-order chi connectivity index (χ1) is 8.16. The Bertz CT molecular complexity index is 371. The van der Waals surface area contributed by atoms with Crippen LogP contribution < -0.4 is 11.1 Å². The molecule has 6 heteroatoms. The van der Waals surface area contributed by atoms with Gasteiger partial charge < -0.3 is 11.1 Å². The Morgan fingerprint density at radius 2 is 2.35 bits per heavy atom. The second-order valence-corrected chi connectivity index (χ2v) is 5.70. The van der Waals surface area contributed by atoms with Crippen LogP contribution in [0.1, 0.15) is 32.6 Å². The van der Waals surface area contributed by atoms with E-state index in [4.69, 9.17) is 5.73 Å². The fourth-order valence-corrected chi connectivity index (χ4v) is 2.74. The summed E-state index contributed by atoms with van der Waals surface area (Å²) in [6.07, 6.45) is 3.88. The molecule has 1 saturated carbocycles. The third kappa shape index (κ3) is 2.63. The molecule has 1 aliphatic carbocycles. The molecule has 5 nitrogen and oxygen atoms in total. The quantitative estimate of drug-likeness (QED) is 0.859. The summed E-state index contributed by atoms with van der Waals surface area (Å²) in [5, 5.41) is 10.9. The van der Waals surface area contributed by atoms with Gasteiger partial charge in [-0.05, 0) is 31.6 Å². The van der Waals surface area contributed by atoms with Gasteiger partial charge in [0.1, 0.15) is 5.51 Å². The number of nitrogens with two attached hydrogens (primary N) is 1. The highest BCUT2D eigenvalue weighted by molar-refractivity contribution is 7.13. The first-order valence-electron chi connectivity index (χ1n) is 5.94. The average molecular weight is 254 g/mol. The highest BCUT2D eigenvalue weighted by Gasteiger charge is 2.40. The Kier molecular flexibility index (Phi) is 3.73. The number of aromatic nitrogens is 2. The van der Waals surface area contributed by atoms with Crippen molar-refractivity contribution in [2.45, 2.75) is 32.6 Å². The van der Waals surface area contributed by atoms with Crippen LogP contribution in [0.3, 0.4) is 0 Å². The molecule has 0 spiro atoms. The molecule has 2 rings (SSSR count). The number of anilines is 1. The molecular weight excluding hydrogens is 236 g/mol. The number of hydrogen-bond donors (Lipinski definition) is 2. The summed E-state index contributed by atoms with van der Waals surface area (Å²) < 4.78 is 0. The predicted octanol–water partition coefficient (Wildman–Crippen LogP) is 1.63. The van der Waals surface area contributed by atoms with E-state index in [9.17, 15) is 4.79 Å². The van der Waals surface area contributed by atoms with Crippen LogP contribution in [0.15, 0.2) is 5.51 Å². The molecule has 1 aliphatic rings. The van der Waals surface area contributed by atoms with E-state index in [1.54, 1.807) is 5.51 Å². The van der Waals surface area contributed by atoms with E-state index < -0.39 is 5.41 Å². The van der Waals surface area contributed by atoms with Crippen molar-refractivity contribution in [3.63, 3.8) is 0 Å². The number of rotatable bonds is 3. The zero-order valence-corrected chi connectivity index (χ0v) is 10.8. The van der Waals surface area contributed by atoms with Crippen molar-refractivity contribution >= 4 is 22.4 Å². The van der Waals surface area contributed by atoms with E-state index in [0.717, 1.165) is 25.7 Å². The summed E-state index contributed by atoms with van der Waals surface area (Å²) in [6.45, 7) is 2.63. The zero-order chi connectivity index (χ0) is 12.3. The molecule has 0 radical (unpaired) electrons. The molecule has 0 aliphatic heterocycles. The zero-order valence-electron chi connectivity index (χ0n) is 9.98. The largest absolute Gasteiger partial charge is 0.329 e. The van der Waals surface area contributed by atoms with Crippen LogP contribution in [0.25, 0.3) is 0 Å². The maximum absolute atomic E-state index is 12.3. The lowest BCUT2D eigenvalue weighted by molar-refractivity contribution is -0.127. The molecule has 1 heterocycles. The molecule has 0 atom stereocenters. The van der Waals surface area contributed by atoms with Gasteiger partial charge in [-0.3, -0.25) is 4.79 Å². The summed E-state index contributed by atoms with van der Waals surface area (Å²) in [5.41, 5.74) is 7.02. The normalized spacial score (nSPS) is 28.9. The van der Waals surface area contributed by atoms with Crippen molar-refractivity contribution in [1.82, 2.24) is 10.2 Å². The van der Waals surface area contributed by atoms with Crippen LogP contribution in [-0.2, 0) is 4.79 Å². The van der Waals surface area contributed by atoms with Gasteiger partial charge in [0.05, 0.1) is 5.41 Å². The Labute approximate surface area is 105 Å². The highest BCUT2D eigenvalue weighted by Crippen LogP contribution is 2.39. The first-order valence-corrected chi connectivity index (χ1v) is 6.82. The van der Waals surface area contributed by atoms with Crippen LogP contribution in [0.2, 0.25) is 0 Å². The van der Waals surface area contributed by atoms with Crippen molar-refractivity contribution < 1.29 is 4.79 Å². The molecule has 17 heavy (non-hydrogen) atoms. The molecular formula is C11H18N4OS. The molecule has 0 aromatic carbocycles. The van der Waals surface area contributed by atoms with E-state index in [2.05, 4.69) is 22.4 Å². The van der Waals surface area contributed by atoms with Crippen molar-refractivity contribution in [2.75, 3.05) is 11.9 Å². The lowest BCUT2D eigenvalue weighted by Crippen LogP contribution is -2.44. The van der Waals surface area contributed by atoms with Gasteiger partial charge >= 0.3 is 0 Å². The van der Waals surface area contributed by atoms with E-state index in [0.29, 0.717) is 17.6 Å². The molecule has 1 fully saturated rings. The summed E-state index contributed by atoms with van der Waals surface area (Å²) in [7, 11) is 0. The van der Waals surface area contributed by atoms with Crippen molar-refractivity contribution in [1.29, 1.82) is 0 Å². The van der Waals surface area contributed by atoms with Crippen LogP contribution in [-0.4, -0.2) is 22.6 Å². The van der Waals surface area contributed by atoms with Crippen LogP contribution >= 0.6 is 11.3 Å². The lowest BCUT2D eigenvalue weighted by atomic mass is 9.70. The molecule has 1 aromatic heterocycles. The molecule has 0 saturated heterocycles. The molecule has 1 aromatic rings. The number of nitrogens with one attached hydrogen (secondary N) is 1. The second kappa shape index (κ2) is 5.10. The maximum atomic E-state index is 12.3. The van der Waals surface area contributed by atoms with E-state index >= 15 is 0 Å². The third-order valence-electron chi connectivity index (χ3n) is 3.68. The highest BCUT2D eigenvalue weighted by atomic mass is 32.1. The van der Waals surface area contributed by atoms with E-state index in [1.807, 2.05) is 0 Å². The Balaban J connectivity index is 2.05. The van der Waals surface area contributed by atoms with Gasteiger partial charge in [0.2, 0.25) is 11.0 Å². The van der Waals surface area contributed by atoms with Gasteiger partial charge in [0.15, 0.2) is 0 Å². The average Bonchev–Trinajstić information content (AvgIpc) is 2.83. The minimum Gasteiger partial charge on any atom is -0.329 e. The first kappa shape index (κ1) is 12.4. The molecule has 1 amide bonds. The fourth-order valence-electron chi connectivity index (χ4n) is 2.30. The van der Waals surface area contributed by atoms with Crippen LogP contribution in [0.4, 0.5) is 5.13 Å². The number of amides is 1. The van der Waals surface area contributed by atoms with Gasteiger partial charge in [-0.1, -0.05) is 18.3 Å². The lowest BCUT2D eigenvalue weighted by Gasteiger charge is -2.36. The van der Waals surface area contributed by atoms with Gasteiger partial charge in [0.25, 0.3) is 0 Å². The van der Waals surface area contributed by atoms with Gasteiger partial charge in [-0.15, -0.1) is 10.2 Å². The topological polar surface area (TPSA) is 80.9 Å². The van der Waals surface area contributed by atoms with Crippen LogP contribution in [0, 0.1) is 11.3 Å². The van der Waals surface area contributed by atoms with Gasteiger partial charge in [0, 0.05) is 6.54 Å². The summed E-state index contributed by atoms with van der Waals surface area (Å²) in [4.78, 5) is 12.3. The fraction of sp³-hybridized carbons (Fsp3) is 0.727. The van der Waals surface area contributed by atoms with Crippen molar-refractivity contribution in [3.8, 4) is 0 Å². The number of carbonyl (C=O) groups is 1. The standard InChI is InChI=1S/C11H18N4OS/c1-8-2-4-11(6-12,5-3-8)9(16)14-10-15-13-7-17-10/h7-8H,2-6,12H2,1H3,(H,14,15,16). The molecule has 0 bridgehead atoms. The van der Waals surface area contributed by atoms with Gasteiger partial charge in [-0.25, -0.2) is 0 Å². The van der Waals surface area contributed by atoms with Crippen molar-refractivity contribution in [2.24, 2.45) is 17.1 Å². The Morgan fingerprint density at radius 3 is 2.88 bits per heavy atom. The second-order valence-electron chi connectivity index (χ2n) is 4.86. The SMILES string of the molecule is CC1CCC(CN)(C(=O)Nc2nncs2)CC1. The number of carbonyl (C=O) groups excluding carboxylic acids is 1. The number of nitrogens with zero attached hydrogens (tertiary/aromatic N) is 2. The van der Waals surface area contributed by atoms with E-state index in [-0.39, 0.29) is 5.91 Å². The van der Waals surface area contributed by atoms with Crippen LogP contribution in [0.5, 0.6) is 0 Å². The third-order valence-corrected chi connectivity index (χ3v) is 4.29. The molecule has 3 N–H and O–H groups in total. The maximum Gasteiger partial charge on any atom is 0.233 e. The Hall–Kier alpha value is -1.01.